The van der Waals surface area contributed by atoms with Gasteiger partial charge in [-0.15, -0.1) is 0 Å². The summed E-state index contributed by atoms with van der Waals surface area (Å²) < 4.78 is 24.2. The minimum Gasteiger partial charge on any atom is -0.489 e. The van der Waals surface area contributed by atoms with Gasteiger partial charge in [0.2, 0.25) is 0 Å². The fraction of sp³-hybridized carbons (Fsp3) is 0.235. The number of benzene rings is 2. The summed E-state index contributed by atoms with van der Waals surface area (Å²) in [7, 11) is 0. The van der Waals surface area contributed by atoms with Gasteiger partial charge in [-0.3, -0.25) is 4.79 Å². The molecular formula is C17H15FO3. The quantitative estimate of drug-likeness (QED) is 0.802. The molecule has 0 radical (unpaired) electrons. The molecule has 1 atom stereocenters. The highest BCUT2D eigenvalue weighted by atomic mass is 19.1. The smallest absolute Gasteiger partial charge is 0.306 e. The number of ether oxygens (including phenoxy) is 2. The van der Waals surface area contributed by atoms with Crippen LogP contribution >= 0.6 is 0 Å². The summed E-state index contributed by atoms with van der Waals surface area (Å²) in [5, 5.41) is 0. The highest BCUT2D eigenvalue weighted by molar-refractivity contribution is 5.71. The van der Waals surface area contributed by atoms with E-state index in [1.54, 1.807) is 18.2 Å². The Kier molecular flexibility index (Phi) is 3.86. The van der Waals surface area contributed by atoms with Crippen LogP contribution in [-0.2, 0) is 16.1 Å². The molecule has 108 valence electrons. The van der Waals surface area contributed by atoms with Crippen molar-refractivity contribution in [1.29, 1.82) is 0 Å². The molecule has 0 saturated carbocycles. The molecule has 1 unspecified atom stereocenters. The molecule has 2 aromatic rings. The number of halogens is 1. The van der Waals surface area contributed by atoms with Gasteiger partial charge in [0.15, 0.2) is 0 Å². The molecule has 0 spiro atoms. The molecule has 1 fully saturated rings. The van der Waals surface area contributed by atoms with E-state index in [0.717, 1.165) is 5.56 Å². The highest BCUT2D eigenvalue weighted by Gasteiger charge is 2.24. The van der Waals surface area contributed by atoms with Crippen molar-refractivity contribution in [2.45, 2.75) is 25.6 Å². The molecule has 21 heavy (non-hydrogen) atoms. The molecule has 4 heteroatoms. The van der Waals surface area contributed by atoms with Crippen LogP contribution in [0.3, 0.4) is 0 Å². The largest absolute Gasteiger partial charge is 0.489 e. The van der Waals surface area contributed by atoms with Crippen molar-refractivity contribution in [1.82, 2.24) is 0 Å². The predicted octanol–water partition coefficient (Wildman–Crippen LogP) is 3.78. The fourth-order valence-corrected chi connectivity index (χ4v) is 2.32. The number of hydrogen-bond acceptors (Lipinski definition) is 3. The van der Waals surface area contributed by atoms with Crippen LogP contribution in [-0.4, -0.2) is 5.97 Å². The lowest BCUT2D eigenvalue weighted by molar-refractivity contribution is -0.141. The van der Waals surface area contributed by atoms with E-state index >= 15 is 0 Å². The summed E-state index contributed by atoms with van der Waals surface area (Å²) in [6, 6.07) is 13.9. The molecule has 0 bridgehead atoms. The van der Waals surface area contributed by atoms with E-state index in [9.17, 15) is 9.18 Å². The van der Waals surface area contributed by atoms with Gasteiger partial charge in [-0.25, -0.2) is 4.39 Å². The number of rotatable bonds is 4. The maximum absolute atomic E-state index is 13.5. The minimum atomic E-state index is -0.271. The standard InChI is InChI=1S/C17H15FO3/c18-15-4-2-1-3-13(15)11-20-14-7-5-12(6-8-14)16-9-10-17(19)21-16/h1-8,16H,9-11H2. The average Bonchev–Trinajstić information content (AvgIpc) is 2.94. The van der Waals surface area contributed by atoms with Crippen molar-refractivity contribution in [3.63, 3.8) is 0 Å². The second kappa shape index (κ2) is 5.95. The molecule has 1 heterocycles. The van der Waals surface area contributed by atoms with Gasteiger partial charge < -0.3 is 9.47 Å². The van der Waals surface area contributed by atoms with Crippen LogP contribution in [0, 0.1) is 5.82 Å². The normalized spacial score (nSPS) is 17.6. The third-order valence-electron chi connectivity index (χ3n) is 3.49. The van der Waals surface area contributed by atoms with Gasteiger partial charge in [0.25, 0.3) is 0 Å². The average molecular weight is 286 g/mol. The second-order valence-corrected chi connectivity index (χ2v) is 4.97. The Labute approximate surface area is 122 Å². The van der Waals surface area contributed by atoms with Crippen molar-refractivity contribution < 1.29 is 18.7 Å². The third-order valence-corrected chi connectivity index (χ3v) is 3.49. The van der Waals surface area contributed by atoms with E-state index in [0.29, 0.717) is 24.2 Å². The van der Waals surface area contributed by atoms with Gasteiger partial charge in [0, 0.05) is 12.0 Å². The minimum absolute atomic E-state index is 0.153. The first-order valence-corrected chi connectivity index (χ1v) is 6.88. The summed E-state index contributed by atoms with van der Waals surface area (Å²) in [5.41, 5.74) is 1.48. The number of esters is 1. The Balaban J connectivity index is 1.62. The van der Waals surface area contributed by atoms with Crippen LogP contribution in [0.1, 0.15) is 30.1 Å². The summed E-state index contributed by atoms with van der Waals surface area (Å²) in [4.78, 5) is 11.1. The van der Waals surface area contributed by atoms with E-state index < -0.39 is 0 Å². The first kappa shape index (κ1) is 13.6. The Bertz CT molecular complexity index is 637. The van der Waals surface area contributed by atoms with E-state index in [2.05, 4.69) is 0 Å². The van der Waals surface area contributed by atoms with Gasteiger partial charge in [-0.2, -0.15) is 0 Å². The molecule has 3 rings (SSSR count). The van der Waals surface area contributed by atoms with Crippen molar-refractivity contribution >= 4 is 5.97 Å². The van der Waals surface area contributed by atoms with Crippen LogP contribution in [0.2, 0.25) is 0 Å². The van der Waals surface area contributed by atoms with Crippen molar-refractivity contribution in [3.8, 4) is 5.75 Å². The van der Waals surface area contributed by atoms with Gasteiger partial charge in [-0.05, 0) is 30.2 Å². The van der Waals surface area contributed by atoms with Gasteiger partial charge in [0.1, 0.15) is 24.3 Å². The lowest BCUT2D eigenvalue weighted by Crippen LogP contribution is -2.00. The first-order chi connectivity index (χ1) is 10.2. The summed E-state index contributed by atoms with van der Waals surface area (Å²) in [5.74, 6) is 0.234. The summed E-state index contributed by atoms with van der Waals surface area (Å²) >= 11 is 0. The van der Waals surface area contributed by atoms with Crippen LogP contribution in [0.15, 0.2) is 48.5 Å². The summed E-state index contributed by atoms with van der Waals surface area (Å²) in [6.45, 7) is 0.185. The Morgan fingerprint density at radius 1 is 1.14 bits per heavy atom. The Morgan fingerprint density at radius 3 is 2.57 bits per heavy atom. The van der Waals surface area contributed by atoms with E-state index in [1.165, 1.54) is 6.07 Å². The molecule has 0 N–H and O–H groups in total. The number of carbonyl (C=O) groups excluding carboxylic acids is 1. The number of hydrogen-bond donors (Lipinski definition) is 0. The lowest BCUT2D eigenvalue weighted by Gasteiger charge is -2.11. The third kappa shape index (κ3) is 3.21. The zero-order valence-corrected chi connectivity index (χ0v) is 11.4. The Hall–Kier alpha value is -2.36. The van der Waals surface area contributed by atoms with E-state index in [1.807, 2.05) is 24.3 Å². The van der Waals surface area contributed by atoms with Gasteiger partial charge in [0.05, 0.1) is 0 Å². The molecular weight excluding hydrogens is 271 g/mol. The van der Waals surface area contributed by atoms with E-state index in [-0.39, 0.29) is 24.5 Å². The topological polar surface area (TPSA) is 35.5 Å². The highest BCUT2D eigenvalue weighted by Crippen LogP contribution is 2.30. The number of carbonyl (C=O) groups is 1. The molecule has 0 aliphatic carbocycles. The first-order valence-electron chi connectivity index (χ1n) is 6.88. The molecule has 3 nitrogen and oxygen atoms in total. The monoisotopic (exact) mass is 286 g/mol. The molecule has 1 saturated heterocycles. The fourth-order valence-electron chi connectivity index (χ4n) is 2.32. The zero-order valence-electron chi connectivity index (χ0n) is 11.4. The van der Waals surface area contributed by atoms with Gasteiger partial charge in [-0.1, -0.05) is 30.3 Å². The van der Waals surface area contributed by atoms with Crippen LogP contribution < -0.4 is 4.74 Å². The van der Waals surface area contributed by atoms with Crippen LogP contribution in [0.5, 0.6) is 5.75 Å². The van der Waals surface area contributed by atoms with Crippen molar-refractivity contribution in [2.24, 2.45) is 0 Å². The Morgan fingerprint density at radius 2 is 1.90 bits per heavy atom. The molecule has 2 aromatic carbocycles. The maximum Gasteiger partial charge on any atom is 0.306 e. The molecule has 0 amide bonds. The van der Waals surface area contributed by atoms with Crippen LogP contribution in [0.25, 0.3) is 0 Å². The van der Waals surface area contributed by atoms with Crippen molar-refractivity contribution in [3.05, 3.63) is 65.5 Å². The molecule has 0 aromatic heterocycles. The lowest BCUT2D eigenvalue weighted by atomic mass is 10.1. The second-order valence-electron chi connectivity index (χ2n) is 4.97. The SMILES string of the molecule is O=C1CCC(c2ccc(OCc3ccccc3F)cc2)O1. The number of cyclic esters (lactones) is 1. The van der Waals surface area contributed by atoms with Crippen molar-refractivity contribution in [2.75, 3.05) is 0 Å². The molecule has 1 aliphatic rings. The predicted molar refractivity (Wildman–Crippen MR) is 75.2 cm³/mol. The summed E-state index contributed by atoms with van der Waals surface area (Å²) in [6.07, 6.45) is 1.03. The zero-order chi connectivity index (χ0) is 14.7. The van der Waals surface area contributed by atoms with Gasteiger partial charge >= 0.3 is 5.97 Å². The maximum atomic E-state index is 13.5. The van der Waals surface area contributed by atoms with Crippen LogP contribution in [0.4, 0.5) is 4.39 Å². The van der Waals surface area contributed by atoms with E-state index in [4.69, 9.17) is 9.47 Å². The molecule has 1 aliphatic heterocycles.